The largest absolute Gasteiger partial charge is 0.396 e. The lowest BCUT2D eigenvalue weighted by atomic mass is 10.0. The Hall–Kier alpha value is -1.81. The topological polar surface area (TPSA) is 71.2 Å². The molecule has 18 heavy (non-hydrogen) atoms. The number of nitrogens with two attached hydrogens (primary N) is 1. The number of rotatable bonds is 4. The number of fused-ring (bicyclic) bond motifs is 1. The minimum absolute atomic E-state index is 0.460. The van der Waals surface area contributed by atoms with Gasteiger partial charge >= 0.3 is 0 Å². The van der Waals surface area contributed by atoms with Gasteiger partial charge < -0.3 is 16.2 Å². The number of hydrogen-bond acceptors (Lipinski definition) is 4. The first-order valence-electron chi connectivity index (χ1n) is 6.13. The van der Waals surface area contributed by atoms with Crippen molar-refractivity contribution in [2.45, 2.75) is 25.9 Å². The summed E-state index contributed by atoms with van der Waals surface area (Å²) < 4.78 is 0. The molecule has 0 aliphatic carbocycles. The van der Waals surface area contributed by atoms with Crippen molar-refractivity contribution in [2.24, 2.45) is 0 Å². The van der Waals surface area contributed by atoms with Gasteiger partial charge in [-0.25, -0.2) is 0 Å². The molecule has 0 spiro atoms. The van der Waals surface area contributed by atoms with E-state index in [4.69, 9.17) is 5.73 Å². The van der Waals surface area contributed by atoms with E-state index in [0.29, 0.717) is 18.7 Å². The van der Waals surface area contributed by atoms with Crippen LogP contribution >= 0.6 is 0 Å². The normalized spacial score (nSPS) is 14.4. The van der Waals surface area contributed by atoms with Gasteiger partial charge in [-0.2, -0.15) is 0 Å². The van der Waals surface area contributed by atoms with Crippen molar-refractivity contribution in [1.29, 1.82) is 0 Å². The molecule has 0 unspecified atom stereocenters. The molecule has 96 valence electrons. The Labute approximate surface area is 107 Å². The minimum Gasteiger partial charge on any atom is -0.396 e. The highest BCUT2D eigenvalue weighted by Gasteiger charge is 2.18. The Balaban J connectivity index is 2.35. The van der Waals surface area contributed by atoms with E-state index in [1.165, 1.54) is 0 Å². The molecule has 0 amide bonds. The van der Waals surface area contributed by atoms with Crippen molar-refractivity contribution in [2.75, 3.05) is 17.6 Å². The van der Waals surface area contributed by atoms with Gasteiger partial charge in [-0.15, -0.1) is 0 Å². The van der Waals surface area contributed by atoms with Gasteiger partial charge in [0.05, 0.1) is 28.7 Å². The summed E-state index contributed by atoms with van der Waals surface area (Å²) in [6.07, 6.45) is 2.33. The Morgan fingerprint density at radius 2 is 2.11 bits per heavy atom. The van der Waals surface area contributed by atoms with Gasteiger partial charge in [0.15, 0.2) is 0 Å². The van der Waals surface area contributed by atoms with Gasteiger partial charge in [0.1, 0.15) is 0 Å². The summed E-state index contributed by atoms with van der Waals surface area (Å²) in [5.41, 5.74) is 7.55. The maximum Gasteiger partial charge on any atom is 0.0788 e. The van der Waals surface area contributed by atoms with Crippen molar-refractivity contribution >= 4 is 22.3 Å². The van der Waals surface area contributed by atoms with Gasteiger partial charge in [-0.05, 0) is 19.4 Å². The zero-order valence-electron chi connectivity index (χ0n) is 10.8. The molecule has 1 aromatic heterocycles. The van der Waals surface area contributed by atoms with Crippen molar-refractivity contribution in [3.63, 3.8) is 0 Å². The summed E-state index contributed by atoms with van der Waals surface area (Å²) in [7, 11) is 0. The van der Waals surface area contributed by atoms with Crippen molar-refractivity contribution in [1.82, 2.24) is 4.98 Å². The number of pyridine rings is 1. The standard InChI is InChI=1S/C14H19N3O/c1-3-14(2,18)9-17-13-10-6-4-5-7-12(10)16-8-11(13)15/h4-8,18H,3,9,15H2,1-2H3,(H,16,17)/t14-/m0/s1. The predicted molar refractivity (Wildman–Crippen MR) is 75.6 cm³/mol. The summed E-state index contributed by atoms with van der Waals surface area (Å²) >= 11 is 0. The molecule has 4 heteroatoms. The molecular weight excluding hydrogens is 226 g/mol. The summed E-state index contributed by atoms with van der Waals surface area (Å²) in [6.45, 7) is 4.22. The smallest absolute Gasteiger partial charge is 0.0788 e. The minimum atomic E-state index is -0.739. The maximum atomic E-state index is 10.0. The van der Waals surface area contributed by atoms with Crippen LogP contribution in [0.15, 0.2) is 30.5 Å². The second kappa shape index (κ2) is 4.82. The highest BCUT2D eigenvalue weighted by Crippen LogP contribution is 2.28. The van der Waals surface area contributed by atoms with E-state index in [1.807, 2.05) is 31.2 Å². The highest BCUT2D eigenvalue weighted by molar-refractivity contribution is 5.96. The second-order valence-electron chi connectivity index (χ2n) is 4.81. The van der Waals surface area contributed by atoms with Crippen LogP contribution in [0.3, 0.4) is 0 Å². The lowest BCUT2D eigenvalue weighted by Gasteiger charge is -2.23. The van der Waals surface area contributed by atoms with Crippen LogP contribution in [0.1, 0.15) is 20.3 Å². The zero-order chi connectivity index (χ0) is 13.2. The van der Waals surface area contributed by atoms with Crippen LogP contribution in [-0.4, -0.2) is 22.2 Å². The number of aliphatic hydroxyl groups is 1. The predicted octanol–water partition coefficient (Wildman–Crippen LogP) is 2.39. The molecular formula is C14H19N3O. The molecule has 2 aromatic rings. The Morgan fingerprint density at radius 3 is 2.83 bits per heavy atom. The molecule has 4 nitrogen and oxygen atoms in total. The second-order valence-corrected chi connectivity index (χ2v) is 4.81. The average molecular weight is 245 g/mol. The molecule has 0 saturated carbocycles. The van der Waals surface area contributed by atoms with Crippen LogP contribution < -0.4 is 11.1 Å². The lowest BCUT2D eigenvalue weighted by Crippen LogP contribution is -2.32. The quantitative estimate of drug-likeness (QED) is 0.773. The van der Waals surface area contributed by atoms with Crippen LogP contribution in [0, 0.1) is 0 Å². The zero-order valence-corrected chi connectivity index (χ0v) is 10.8. The third-order valence-electron chi connectivity index (χ3n) is 3.21. The third kappa shape index (κ3) is 2.54. The molecule has 0 saturated heterocycles. The number of nitrogens with zero attached hydrogens (tertiary/aromatic N) is 1. The molecule has 0 aliphatic rings. The fraction of sp³-hybridized carbons (Fsp3) is 0.357. The summed E-state index contributed by atoms with van der Waals surface area (Å²) in [5.74, 6) is 0. The fourth-order valence-electron chi connectivity index (χ4n) is 1.76. The SMILES string of the molecule is CC[C@](C)(O)CNc1c(N)cnc2ccccc12. The fourth-order valence-corrected chi connectivity index (χ4v) is 1.76. The first kappa shape index (κ1) is 12.6. The van der Waals surface area contributed by atoms with E-state index < -0.39 is 5.60 Å². The van der Waals surface area contributed by atoms with E-state index >= 15 is 0 Å². The molecule has 1 aromatic carbocycles. The van der Waals surface area contributed by atoms with Gasteiger partial charge in [0, 0.05) is 11.9 Å². The van der Waals surface area contributed by atoms with Crippen LogP contribution in [-0.2, 0) is 0 Å². The molecule has 4 N–H and O–H groups in total. The van der Waals surface area contributed by atoms with Crippen molar-refractivity contribution < 1.29 is 5.11 Å². The summed E-state index contributed by atoms with van der Waals surface area (Å²) in [5, 5.41) is 14.2. The molecule has 2 rings (SSSR count). The van der Waals surface area contributed by atoms with Crippen LogP contribution in [0.5, 0.6) is 0 Å². The van der Waals surface area contributed by atoms with Gasteiger partial charge in [-0.1, -0.05) is 25.1 Å². The number of aromatic nitrogens is 1. The molecule has 0 bridgehead atoms. The van der Waals surface area contributed by atoms with Gasteiger partial charge in [-0.3, -0.25) is 4.98 Å². The molecule has 0 radical (unpaired) electrons. The number of nitrogen functional groups attached to an aromatic ring is 1. The monoisotopic (exact) mass is 245 g/mol. The molecule has 0 aliphatic heterocycles. The number of anilines is 2. The Kier molecular flexibility index (Phi) is 3.39. The van der Waals surface area contributed by atoms with E-state index in [9.17, 15) is 5.11 Å². The molecule has 0 fully saturated rings. The molecule has 1 heterocycles. The maximum absolute atomic E-state index is 10.0. The van der Waals surface area contributed by atoms with E-state index in [0.717, 1.165) is 16.6 Å². The van der Waals surface area contributed by atoms with Crippen molar-refractivity contribution in [3.8, 4) is 0 Å². The van der Waals surface area contributed by atoms with Crippen molar-refractivity contribution in [3.05, 3.63) is 30.5 Å². The van der Waals surface area contributed by atoms with E-state index in [-0.39, 0.29) is 0 Å². The number of nitrogens with one attached hydrogen (secondary N) is 1. The first-order chi connectivity index (χ1) is 8.53. The lowest BCUT2D eigenvalue weighted by molar-refractivity contribution is 0.0698. The number of hydrogen-bond donors (Lipinski definition) is 3. The van der Waals surface area contributed by atoms with Gasteiger partial charge in [0.2, 0.25) is 0 Å². The average Bonchev–Trinajstić information content (AvgIpc) is 2.37. The third-order valence-corrected chi connectivity index (χ3v) is 3.21. The highest BCUT2D eigenvalue weighted by atomic mass is 16.3. The van der Waals surface area contributed by atoms with E-state index in [1.54, 1.807) is 13.1 Å². The van der Waals surface area contributed by atoms with Crippen LogP contribution in [0.4, 0.5) is 11.4 Å². The number of benzene rings is 1. The van der Waals surface area contributed by atoms with Crippen LogP contribution in [0.25, 0.3) is 10.9 Å². The summed E-state index contributed by atoms with van der Waals surface area (Å²) in [6, 6.07) is 7.81. The first-order valence-corrected chi connectivity index (χ1v) is 6.13. The Morgan fingerprint density at radius 1 is 1.39 bits per heavy atom. The Bertz CT molecular complexity index is 552. The summed E-state index contributed by atoms with van der Waals surface area (Å²) in [4.78, 5) is 4.28. The molecule has 1 atom stereocenters. The van der Waals surface area contributed by atoms with Crippen LogP contribution in [0.2, 0.25) is 0 Å². The van der Waals surface area contributed by atoms with Gasteiger partial charge in [0.25, 0.3) is 0 Å². The van der Waals surface area contributed by atoms with E-state index in [2.05, 4.69) is 10.3 Å². The number of para-hydroxylation sites is 1.